The molecule has 0 amide bonds. The minimum Gasteiger partial charge on any atom is -0.490 e. The Kier molecular flexibility index (Phi) is 21.6. The number of benzene rings is 4. The van der Waals surface area contributed by atoms with Gasteiger partial charge in [-0.2, -0.15) is 0 Å². The van der Waals surface area contributed by atoms with E-state index in [0.29, 0.717) is 19.6 Å². The van der Waals surface area contributed by atoms with Crippen LogP contribution >= 0.6 is 0 Å². The quantitative estimate of drug-likeness (QED) is 0.0545. The molecule has 4 aromatic carbocycles. The second-order valence-corrected chi connectivity index (χ2v) is 16.5. The molecule has 0 heterocycles. The summed E-state index contributed by atoms with van der Waals surface area (Å²) >= 11 is 0. The molecule has 0 saturated heterocycles. The number of carboxylic acids is 1. The van der Waals surface area contributed by atoms with Gasteiger partial charge in [0.1, 0.15) is 38.8 Å². The van der Waals surface area contributed by atoms with Crippen molar-refractivity contribution in [2.24, 2.45) is 16.7 Å². The van der Waals surface area contributed by atoms with E-state index in [1.807, 2.05) is 90.1 Å². The Balaban J connectivity index is 0.000000330. The SMILES string of the molecule is CCC(C)(C)C(=O)OCCOC(=O)c1ccccc1C(=O)O.CCC(C)(C)C(=O)OCc1ccccc1.CCC(C)C(=O)OCCOc1ccc(C(C)(C)c2ccccc2)cc1. The molecule has 0 spiro atoms. The molecule has 62 heavy (non-hydrogen) atoms. The van der Waals surface area contributed by atoms with Crippen LogP contribution in [0, 0.1) is 16.7 Å². The molecule has 0 saturated carbocycles. The van der Waals surface area contributed by atoms with Crippen LogP contribution in [0.15, 0.2) is 109 Å². The minimum absolute atomic E-state index is 0.0322. The fourth-order valence-corrected chi connectivity index (χ4v) is 5.20. The minimum atomic E-state index is -1.20. The third-order valence-corrected chi connectivity index (χ3v) is 10.7. The highest BCUT2D eigenvalue weighted by Crippen LogP contribution is 2.32. The Morgan fingerprint density at radius 2 is 1.02 bits per heavy atom. The van der Waals surface area contributed by atoms with Crippen LogP contribution in [0.25, 0.3) is 0 Å². The summed E-state index contributed by atoms with van der Waals surface area (Å²) in [7, 11) is 0. The summed E-state index contributed by atoms with van der Waals surface area (Å²) in [6, 6.07) is 34.1. The van der Waals surface area contributed by atoms with Crippen LogP contribution in [0.2, 0.25) is 0 Å². The lowest BCUT2D eigenvalue weighted by Crippen LogP contribution is -2.27. The molecule has 0 bridgehead atoms. The van der Waals surface area contributed by atoms with Crippen LogP contribution in [0.5, 0.6) is 5.75 Å². The first-order chi connectivity index (χ1) is 29.3. The Bertz CT molecular complexity index is 1990. The molecule has 0 fully saturated rings. The maximum atomic E-state index is 11.8. The van der Waals surface area contributed by atoms with E-state index in [1.165, 1.54) is 29.3 Å². The first-order valence-electron chi connectivity index (χ1n) is 21.1. The van der Waals surface area contributed by atoms with Crippen molar-refractivity contribution in [1.82, 2.24) is 0 Å². The van der Waals surface area contributed by atoms with E-state index >= 15 is 0 Å². The van der Waals surface area contributed by atoms with Crippen LogP contribution in [0.1, 0.15) is 126 Å². The maximum Gasteiger partial charge on any atom is 0.339 e. The third-order valence-electron chi connectivity index (χ3n) is 10.7. The molecule has 0 radical (unpaired) electrons. The highest BCUT2D eigenvalue weighted by Gasteiger charge is 2.28. The van der Waals surface area contributed by atoms with Crippen LogP contribution in [0.4, 0.5) is 0 Å². The second-order valence-electron chi connectivity index (χ2n) is 16.5. The summed E-state index contributed by atoms with van der Waals surface area (Å²) < 4.78 is 26.1. The zero-order valence-electron chi connectivity index (χ0n) is 38.2. The number of carboxylic acid groups (broad SMARTS) is 1. The molecule has 11 nitrogen and oxygen atoms in total. The summed E-state index contributed by atoms with van der Waals surface area (Å²) in [6.07, 6.45) is 2.22. The summed E-state index contributed by atoms with van der Waals surface area (Å²) in [5, 5.41) is 9.00. The maximum absolute atomic E-state index is 11.8. The van der Waals surface area contributed by atoms with Gasteiger partial charge in [-0.3, -0.25) is 14.4 Å². The molecular weight excluding hydrogens is 789 g/mol. The van der Waals surface area contributed by atoms with Crippen LogP contribution < -0.4 is 4.74 Å². The van der Waals surface area contributed by atoms with E-state index in [-0.39, 0.29) is 65.6 Å². The van der Waals surface area contributed by atoms with Gasteiger partial charge < -0.3 is 28.8 Å². The van der Waals surface area contributed by atoms with Gasteiger partial charge in [0.25, 0.3) is 0 Å². The number of aromatic carboxylic acids is 1. The molecule has 0 aliphatic rings. The van der Waals surface area contributed by atoms with E-state index < -0.39 is 17.4 Å². The monoisotopic (exact) mass is 854 g/mol. The number of hydrogen-bond donors (Lipinski definition) is 1. The summed E-state index contributed by atoms with van der Waals surface area (Å²) in [5.74, 6) is -1.89. The van der Waals surface area contributed by atoms with Crippen LogP contribution in [-0.4, -0.2) is 61.4 Å². The summed E-state index contributed by atoms with van der Waals surface area (Å²) in [4.78, 5) is 57.8. The number of carbonyl (C=O) groups excluding carboxylic acids is 4. The molecular formula is C51H66O11. The van der Waals surface area contributed by atoms with Gasteiger partial charge in [-0.15, -0.1) is 0 Å². The first kappa shape index (κ1) is 52.2. The Morgan fingerprint density at radius 1 is 0.548 bits per heavy atom. The van der Waals surface area contributed by atoms with Crippen LogP contribution in [-0.2, 0) is 45.4 Å². The topological polar surface area (TPSA) is 152 Å². The van der Waals surface area contributed by atoms with Gasteiger partial charge in [-0.25, -0.2) is 9.59 Å². The number of ether oxygens (including phenoxy) is 5. The summed E-state index contributed by atoms with van der Waals surface area (Å²) in [6.45, 7) is 20.3. The Hall–Kier alpha value is -5.97. The molecule has 336 valence electrons. The van der Waals surface area contributed by atoms with E-state index in [4.69, 9.17) is 28.8 Å². The fraction of sp³-hybridized carbons (Fsp3) is 0.431. The lowest BCUT2D eigenvalue weighted by molar-refractivity contribution is -0.156. The Labute approximate surface area is 368 Å². The van der Waals surface area contributed by atoms with Crippen molar-refractivity contribution in [2.45, 2.75) is 101 Å². The molecule has 11 heteroatoms. The zero-order chi connectivity index (χ0) is 46.3. The van der Waals surface area contributed by atoms with Gasteiger partial charge in [-0.1, -0.05) is 126 Å². The van der Waals surface area contributed by atoms with Crippen molar-refractivity contribution in [3.8, 4) is 5.75 Å². The predicted molar refractivity (Wildman–Crippen MR) is 240 cm³/mol. The lowest BCUT2D eigenvalue weighted by atomic mass is 9.78. The third kappa shape index (κ3) is 17.2. The van der Waals surface area contributed by atoms with Gasteiger partial charge in [0.2, 0.25) is 0 Å². The van der Waals surface area contributed by atoms with E-state index in [9.17, 15) is 24.0 Å². The average molecular weight is 855 g/mol. The molecule has 1 atom stereocenters. The standard InChI is InChI=1S/C22H28O3.C16H20O6.C13H18O2/c1-5-17(2)21(23)25-16-15-24-20-13-11-19(12-14-20)22(3,4)18-9-7-6-8-10-18;1-4-16(2,3)15(20)22-10-9-21-14(19)12-8-6-5-7-11(12)13(17)18;1-4-13(2,3)12(14)15-10-11-8-6-5-7-9-11/h6-14,17H,5,15-16H2,1-4H3;5-8H,4,9-10H2,1-3H3,(H,17,18);5-9H,4,10H2,1-3H3. The highest BCUT2D eigenvalue weighted by molar-refractivity contribution is 6.02. The molecule has 1 N–H and O–H groups in total. The van der Waals surface area contributed by atoms with Gasteiger partial charge in [0.05, 0.1) is 27.9 Å². The molecule has 1 unspecified atom stereocenters. The largest absolute Gasteiger partial charge is 0.490 e. The normalized spacial score (nSPS) is 11.6. The van der Waals surface area contributed by atoms with Gasteiger partial charge in [0.15, 0.2) is 0 Å². The fourth-order valence-electron chi connectivity index (χ4n) is 5.20. The smallest absolute Gasteiger partial charge is 0.339 e. The van der Waals surface area contributed by atoms with Crippen molar-refractivity contribution < 1.29 is 52.8 Å². The van der Waals surface area contributed by atoms with E-state index in [2.05, 4.69) is 50.2 Å². The van der Waals surface area contributed by atoms with E-state index in [1.54, 1.807) is 19.9 Å². The van der Waals surface area contributed by atoms with Crippen molar-refractivity contribution in [3.05, 3.63) is 137 Å². The molecule has 4 aromatic rings. The Morgan fingerprint density at radius 3 is 1.55 bits per heavy atom. The lowest BCUT2D eigenvalue weighted by Gasteiger charge is -2.26. The van der Waals surface area contributed by atoms with E-state index in [0.717, 1.165) is 24.2 Å². The number of carbonyl (C=O) groups is 5. The second kappa shape index (κ2) is 25.7. The number of rotatable bonds is 19. The van der Waals surface area contributed by atoms with Crippen molar-refractivity contribution >= 4 is 29.8 Å². The molecule has 0 aliphatic heterocycles. The molecule has 4 rings (SSSR count). The first-order valence-corrected chi connectivity index (χ1v) is 21.1. The van der Waals surface area contributed by atoms with Gasteiger partial charge >= 0.3 is 29.8 Å². The number of hydrogen-bond acceptors (Lipinski definition) is 10. The molecule has 0 aromatic heterocycles. The molecule has 0 aliphatic carbocycles. The predicted octanol–water partition coefficient (Wildman–Crippen LogP) is 10.7. The van der Waals surface area contributed by atoms with Crippen molar-refractivity contribution in [1.29, 1.82) is 0 Å². The number of esters is 4. The van der Waals surface area contributed by atoms with Gasteiger partial charge in [0, 0.05) is 5.41 Å². The zero-order valence-corrected chi connectivity index (χ0v) is 38.2. The summed E-state index contributed by atoms with van der Waals surface area (Å²) in [5.41, 5.74) is 2.35. The van der Waals surface area contributed by atoms with Gasteiger partial charge in [-0.05, 0) is 87.9 Å². The van der Waals surface area contributed by atoms with Crippen molar-refractivity contribution in [2.75, 3.05) is 26.4 Å². The average Bonchev–Trinajstić information content (AvgIpc) is 3.28. The van der Waals surface area contributed by atoms with Crippen molar-refractivity contribution in [3.63, 3.8) is 0 Å². The van der Waals surface area contributed by atoms with Crippen LogP contribution in [0.3, 0.4) is 0 Å². The highest BCUT2D eigenvalue weighted by atomic mass is 16.6.